The number of nitrogens with zero attached hydrogens (tertiary/aromatic N) is 1. The molecular formula is C16H31N3O. The van der Waals surface area contributed by atoms with E-state index in [1.54, 1.807) is 0 Å². The molecule has 0 aromatic rings. The van der Waals surface area contributed by atoms with E-state index < -0.39 is 0 Å². The molecule has 2 fully saturated rings. The largest absolute Gasteiger partial charge is 0.354 e. The van der Waals surface area contributed by atoms with E-state index in [-0.39, 0.29) is 17.4 Å². The van der Waals surface area contributed by atoms with Crippen LogP contribution in [0.1, 0.15) is 45.4 Å². The third-order valence-electron chi connectivity index (χ3n) is 5.32. The van der Waals surface area contributed by atoms with Crippen molar-refractivity contribution in [2.45, 2.75) is 51.0 Å². The highest BCUT2D eigenvalue weighted by Crippen LogP contribution is 2.35. The van der Waals surface area contributed by atoms with Crippen molar-refractivity contribution in [2.24, 2.45) is 11.8 Å². The number of carbonyl (C=O) groups is 1. The molecule has 2 rings (SSSR count). The minimum Gasteiger partial charge on any atom is -0.354 e. The van der Waals surface area contributed by atoms with Crippen molar-refractivity contribution in [3.8, 4) is 0 Å². The fourth-order valence-corrected chi connectivity index (χ4v) is 3.84. The second kappa shape index (κ2) is 6.90. The van der Waals surface area contributed by atoms with E-state index in [9.17, 15) is 4.79 Å². The number of piperidine rings is 1. The van der Waals surface area contributed by atoms with Crippen LogP contribution in [0.5, 0.6) is 0 Å². The predicted octanol–water partition coefficient (Wildman–Crippen LogP) is 1.61. The molecule has 0 aromatic heterocycles. The molecule has 1 saturated carbocycles. The Morgan fingerprint density at radius 2 is 2.00 bits per heavy atom. The summed E-state index contributed by atoms with van der Waals surface area (Å²) in [5.41, 5.74) is 0.167. The van der Waals surface area contributed by atoms with Crippen LogP contribution in [-0.2, 0) is 4.79 Å². The molecule has 4 heteroatoms. The van der Waals surface area contributed by atoms with Gasteiger partial charge >= 0.3 is 0 Å². The predicted molar refractivity (Wildman–Crippen MR) is 82.7 cm³/mol. The first-order valence-corrected chi connectivity index (χ1v) is 8.19. The van der Waals surface area contributed by atoms with Crippen molar-refractivity contribution in [3.63, 3.8) is 0 Å². The molecule has 0 radical (unpaired) electrons. The standard InChI is InChI=1S/C16H31N3O/c1-13-5-4-8-16(11-13,19(2)3)12-18-15(20)14-6-9-17-10-7-14/h13-14,17H,4-12H2,1-3H3,(H,18,20). The van der Waals surface area contributed by atoms with Crippen molar-refractivity contribution < 1.29 is 4.79 Å². The quantitative estimate of drug-likeness (QED) is 0.823. The molecule has 2 unspecified atom stereocenters. The fraction of sp³-hybridized carbons (Fsp3) is 0.938. The maximum atomic E-state index is 12.3. The van der Waals surface area contributed by atoms with E-state index in [4.69, 9.17) is 0 Å². The van der Waals surface area contributed by atoms with Gasteiger partial charge in [0.1, 0.15) is 0 Å². The van der Waals surface area contributed by atoms with E-state index in [0.717, 1.165) is 38.4 Å². The maximum absolute atomic E-state index is 12.3. The van der Waals surface area contributed by atoms with Gasteiger partial charge in [0.05, 0.1) is 0 Å². The van der Waals surface area contributed by atoms with Gasteiger partial charge in [0, 0.05) is 18.0 Å². The summed E-state index contributed by atoms with van der Waals surface area (Å²) in [5, 5.41) is 6.57. The Kier molecular flexibility index (Phi) is 5.44. The lowest BCUT2D eigenvalue weighted by molar-refractivity contribution is -0.126. The van der Waals surface area contributed by atoms with Crippen LogP contribution in [0, 0.1) is 11.8 Å². The van der Waals surface area contributed by atoms with E-state index in [2.05, 4.69) is 36.6 Å². The molecule has 0 bridgehead atoms. The Morgan fingerprint density at radius 3 is 2.60 bits per heavy atom. The summed E-state index contributed by atoms with van der Waals surface area (Å²) in [6, 6.07) is 0. The number of carbonyl (C=O) groups excluding carboxylic acids is 1. The third-order valence-corrected chi connectivity index (χ3v) is 5.32. The van der Waals surface area contributed by atoms with Gasteiger partial charge in [-0.05, 0) is 58.8 Å². The average Bonchev–Trinajstić information content (AvgIpc) is 2.45. The molecule has 1 amide bonds. The SMILES string of the molecule is CC1CCCC(CNC(=O)C2CCNCC2)(N(C)C)C1. The Balaban J connectivity index is 1.90. The van der Waals surface area contributed by atoms with Crippen LogP contribution in [0.4, 0.5) is 0 Å². The van der Waals surface area contributed by atoms with Crippen LogP contribution in [0.15, 0.2) is 0 Å². The summed E-state index contributed by atoms with van der Waals surface area (Å²) in [5.74, 6) is 1.25. The van der Waals surface area contributed by atoms with Gasteiger partial charge in [-0.25, -0.2) is 0 Å². The van der Waals surface area contributed by atoms with Crippen LogP contribution in [-0.4, -0.2) is 50.1 Å². The average molecular weight is 281 g/mol. The first kappa shape index (κ1) is 15.8. The highest BCUT2D eigenvalue weighted by molar-refractivity contribution is 5.78. The van der Waals surface area contributed by atoms with Gasteiger partial charge in [-0.1, -0.05) is 19.8 Å². The summed E-state index contributed by atoms with van der Waals surface area (Å²) in [4.78, 5) is 14.7. The first-order chi connectivity index (χ1) is 9.53. The van der Waals surface area contributed by atoms with Gasteiger partial charge < -0.3 is 15.5 Å². The van der Waals surface area contributed by atoms with Crippen LogP contribution in [0.3, 0.4) is 0 Å². The number of nitrogens with one attached hydrogen (secondary N) is 2. The lowest BCUT2D eigenvalue weighted by Crippen LogP contribution is -2.55. The van der Waals surface area contributed by atoms with E-state index in [0.29, 0.717) is 0 Å². The topological polar surface area (TPSA) is 44.4 Å². The lowest BCUT2D eigenvalue weighted by atomic mass is 9.75. The number of hydrogen-bond donors (Lipinski definition) is 2. The number of likely N-dealkylation sites (N-methyl/N-ethyl adjacent to an activating group) is 1. The molecule has 2 N–H and O–H groups in total. The number of hydrogen-bond acceptors (Lipinski definition) is 3. The number of rotatable bonds is 4. The molecule has 1 aliphatic heterocycles. The Labute approximate surface area is 123 Å². The summed E-state index contributed by atoms with van der Waals surface area (Å²) >= 11 is 0. The van der Waals surface area contributed by atoms with Crippen molar-refractivity contribution >= 4 is 5.91 Å². The zero-order valence-electron chi connectivity index (χ0n) is 13.4. The maximum Gasteiger partial charge on any atom is 0.223 e. The minimum atomic E-state index is 0.167. The monoisotopic (exact) mass is 281 g/mol. The summed E-state index contributed by atoms with van der Waals surface area (Å²) in [7, 11) is 4.32. The molecule has 20 heavy (non-hydrogen) atoms. The van der Waals surface area contributed by atoms with Crippen molar-refractivity contribution in [1.82, 2.24) is 15.5 Å². The van der Waals surface area contributed by atoms with E-state index >= 15 is 0 Å². The first-order valence-electron chi connectivity index (χ1n) is 8.19. The zero-order valence-corrected chi connectivity index (χ0v) is 13.4. The Hall–Kier alpha value is -0.610. The molecule has 1 saturated heterocycles. The molecule has 0 spiro atoms. The van der Waals surface area contributed by atoms with Gasteiger partial charge in [0.15, 0.2) is 0 Å². The molecule has 1 aliphatic carbocycles. The summed E-state index contributed by atoms with van der Waals surface area (Å²) < 4.78 is 0. The molecule has 2 atom stereocenters. The van der Waals surface area contributed by atoms with E-state index in [1.807, 2.05) is 0 Å². The zero-order chi connectivity index (χ0) is 14.6. The second-order valence-electron chi connectivity index (χ2n) is 7.06. The summed E-state index contributed by atoms with van der Waals surface area (Å²) in [6.45, 7) is 5.11. The van der Waals surface area contributed by atoms with Crippen molar-refractivity contribution in [2.75, 3.05) is 33.7 Å². The molecule has 4 nitrogen and oxygen atoms in total. The van der Waals surface area contributed by atoms with Crippen LogP contribution < -0.4 is 10.6 Å². The van der Waals surface area contributed by atoms with Gasteiger partial charge in [-0.3, -0.25) is 4.79 Å². The fourth-order valence-electron chi connectivity index (χ4n) is 3.84. The second-order valence-corrected chi connectivity index (χ2v) is 7.06. The Morgan fingerprint density at radius 1 is 1.30 bits per heavy atom. The van der Waals surface area contributed by atoms with E-state index in [1.165, 1.54) is 25.7 Å². The highest BCUT2D eigenvalue weighted by Gasteiger charge is 2.37. The van der Waals surface area contributed by atoms with Gasteiger partial charge in [0.25, 0.3) is 0 Å². The smallest absolute Gasteiger partial charge is 0.223 e. The van der Waals surface area contributed by atoms with Crippen molar-refractivity contribution in [3.05, 3.63) is 0 Å². The van der Waals surface area contributed by atoms with Gasteiger partial charge in [0.2, 0.25) is 5.91 Å². The third kappa shape index (κ3) is 3.73. The normalized spacial score (nSPS) is 32.3. The molecular weight excluding hydrogens is 250 g/mol. The van der Waals surface area contributed by atoms with Crippen molar-refractivity contribution in [1.29, 1.82) is 0 Å². The molecule has 116 valence electrons. The summed E-state index contributed by atoms with van der Waals surface area (Å²) in [6.07, 6.45) is 6.98. The molecule has 1 heterocycles. The van der Waals surface area contributed by atoms with Crippen LogP contribution >= 0.6 is 0 Å². The Bertz CT molecular complexity index is 326. The minimum absolute atomic E-state index is 0.167. The number of amides is 1. The lowest BCUT2D eigenvalue weighted by Gasteiger charge is -2.45. The van der Waals surface area contributed by atoms with Crippen LogP contribution in [0.25, 0.3) is 0 Å². The molecule has 0 aromatic carbocycles. The van der Waals surface area contributed by atoms with Crippen LogP contribution in [0.2, 0.25) is 0 Å². The highest BCUT2D eigenvalue weighted by atomic mass is 16.1. The molecule has 2 aliphatic rings. The van der Waals surface area contributed by atoms with Gasteiger partial charge in [-0.2, -0.15) is 0 Å². The van der Waals surface area contributed by atoms with Gasteiger partial charge in [-0.15, -0.1) is 0 Å².